The maximum atomic E-state index is 12.1. The van der Waals surface area contributed by atoms with Crippen molar-refractivity contribution in [1.29, 1.82) is 0 Å². The fourth-order valence-corrected chi connectivity index (χ4v) is 2.62. The van der Waals surface area contributed by atoms with Crippen LogP contribution < -0.4 is 0 Å². The molecule has 22 heavy (non-hydrogen) atoms. The van der Waals surface area contributed by atoms with Gasteiger partial charge in [0.25, 0.3) is 0 Å². The van der Waals surface area contributed by atoms with Gasteiger partial charge in [-0.3, -0.25) is 0 Å². The lowest BCUT2D eigenvalue weighted by atomic mass is 9.94. The fraction of sp³-hybridized carbons (Fsp3) is 0.789. The van der Waals surface area contributed by atoms with Crippen LogP contribution in [0.4, 0.5) is 4.79 Å². The summed E-state index contributed by atoms with van der Waals surface area (Å²) in [6.45, 7) is 8.52. The van der Waals surface area contributed by atoms with Gasteiger partial charge in [-0.15, -0.1) is 5.73 Å². The molecule has 1 saturated carbocycles. The van der Waals surface area contributed by atoms with Gasteiger partial charge in [0, 0.05) is 7.05 Å². The zero-order chi connectivity index (χ0) is 16.6. The molecule has 1 aliphatic rings. The SMILES string of the molecule is CCCCC(=C=C1CCCCC1)CN(C)C(=O)OC(C)(C)C. The smallest absolute Gasteiger partial charge is 0.410 e. The van der Waals surface area contributed by atoms with Crippen LogP contribution in [0.1, 0.15) is 79.1 Å². The first-order valence-corrected chi connectivity index (χ1v) is 8.72. The number of unbranched alkanes of at least 4 members (excludes halogenated alkanes) is 1. The molecular formula is C19H33NO2. The first-order chi connectivity index (χ1) is 10.3. The lowest BCUT2D eigenvalue weighted by Gasteiger charge is -2.25. The van der Waals surface area contributed by atoms with E-state index < -0.39 is 5.60 Å². The monoisotopic (exact) mass is 307 g/mol. The Labute approximate surface area is 136 Å². The Morgan fingerprint density at radius 1 is 1.23 bits per heavy atom. The molecule has 0 saturated heterocycles. The number of hydrogen-bond acceptors (Lipinski definition) is 2. The summed E-state index contributed by atoms with van der Waals surface area (Å²) in [5, 5.41) is 0. The second-order valence-corrected chi connectivity index (χ2v) is 7.33. The standard InChI is InChI=1S/C19H33NO2/c1-6-7-11-17(14-16-12-9-8-10-13-16)15-20(5)18(21)22-19(2,3)4/h6-13,15H2,1-5H3. The molecule has 0 aliphatic heterocycles. The van der Waals surface area contributed by atoms with Gasteiger partial charge < -0.3 is 9.64 Å². The molecule has 0 aromatic carbocycles. The predicted octanol–water partition coefficient (Wildman–Crippen LogP) is 5.46. The topological polar surface area (TPSA) is 29.5 Å². The van der Waals surface area contributed by atoms with Crippen LogP contribution in [0.2, 0.25) is 0 Å². The lowest BCUT2D eigenvalue weighted by molar-refractivity contribution is 0.0312. The van der Waals surface area contributed by atoms with E-state index in [4.69, 9.17) is 4.74 Å². The van der Waals surface area contributed by atoms with Gasteiger partial charge in [0.15, 0.2) is 0 Å². The van der Waals surface area contributed by atoms with Gasteiger partial charge in [0.2, 0.25) is 0 Å². The quantitative estimate of drug-likeness (QED) is 0.631. The Kier molecular flexibility index (Phi) is 7.75. The van der Waals surface area contributed by atoms with Crippen molar-refractivity contribution in [3.63, 3.8) is 0 Å². The summed E-state index contributed by atoms with van der Waals surface area (Å²) in [5.74, 6) is 0. The molecule has 0 N–H and O–H groups in total. The average Bonchev–Trinajstić information content (AvgIpc) is 2.44. The first-order valence-electron chi connectivity index (χ1n) is 8.72. The summed E-state index contributed by atoms with van der Waals surface area (Å²) in [6.07, 6.45) is 9.33. The number of carbonyl (C=O) groups excluding carboxylic acids is 1. The largest absolute Gasteiger partial charge is 0.444 e. The lowest BCUT2D eigenvalue weighted by Crippen LogP contribution is -2.35. The minimum atomic E-state index is -0.444. The number of carbonyl (C=O) groups is 1. The summed E-state index contributed by atoms with van der Waals surface area (Å²) in [4.78, 5) is 13.8. The summed E-state index contributed by atoms with van der Waals surface area (Å²) >= 11 is 0. The molecule has 1 rings (SSSR count). The summed E-state index contributed by atoms with van der Waals surface area (Å²) in [5.41, 5.74) is 5.86. The molecule has 0 aromatic rings. The normalized spacial score (nSPS) is 15.2. The number of likely N-dealkylation sites (N-methyl/N-ethyl adjacent to an activating group) is 1. The molecule has 126 valence electrons. The van der Waals surface area contributed by atoms with Crippen molar-refractivity contribution in [3.8, 4) is 0 Å². The number of amides is 1. The van der Waals surface area contributed by atoms with Gasteiger partial charge >= 0.3 is 6.09 Å². The number of rotatable bonds is 5. The van der Waals surface area contributed by atoms with Crippen LogP contribution in [-0.2, 0) is 4.74 Å². The highest BCUT2D eigenvalue weighted by molar-refractivity contribution is 5.68. The van der Waals surface area contributed by atoms with Crippen molar-refractivity contribution in [2.75, 3.05) is 13.6 Å². The van der Waals surface area contributed by atoms with Gasteiger partial charge in [-0.05, 0) is 70.4 Å². The zero-order valence-corrected chi connectivity index (χ0v) is 15.1. The molecule has 0 unspecified atom stereocenters. The third-order valence-electron chi connectivity index (χ3n) is 3.78. The Balaban J connectivity index is 2.75. The third kappa shape index (κ3) is 7.70. The van der Waals surface area contributed by atoms with Gasteiger partial charge in [-0.1, -0.05) is 19.8 Å². The number of hydrogen-bond donors (Lipinski definition) is 0. The van der Waals surface area contributed by atoms with E-state index >= 15 is 0 Å². The highest BCUT2D eigenvalue weighted by atomic mass is 16.6. The molecule has 1 aliphatic carbocycles. The zero-order valence-electron chi connectivity index (χ0n) is 15.1. The van der Waals surface area contributed by atoms with Gasteiger partial charge in [0.1, 0.15) is 5.60 Å². The van der Waals surface area contributed by atoms with Crippen LogP contribution in [0.15, 0.2) is 16.9 Å². The van der Waals surface area contributed by atoms with E-state index in [1.807, 2.05) is 27.8 Å². The van der Waals surface area contributed by atoms with E-state index in [1.165, 1.54) is 43.3 Å². The van der Waals surface area contributed by atoms with Crippen molar-refractivity contribution < 1.29 is 9.53 Å². The van der Waals surface area contributed by atoms with Crippen molar-refractivity contribution in [3.05, 3.63) is 16.9 Å². The van der Waals surface area contributed by atoms with E-state index in [1.54, 1.807) is 4.90 Å². The van der Waals surface area contributed by atoms with Crippen LogP contribution in [0.25, 0.3) is 0 Å². The minimum Gasteiger partial charge on any atom is -0.444 e. The summed E-state index contributed by atoms with van der Waals surface area (Å²) in [6, 6.07) is 0. The van der Waals surface area contributed by atoms with Crippen LogP contribution in [0.5, 0.6) is 0 Å². The third-order valence-corrected chi connectivity index (χ3v) is 3.78. The highest BCUT2D eigenvalue weighted by Crippen LogP contribution is 2.23. The maximum Gasteiger partial charge on any atom is 0.410 e. The average molecular weight is 307 g/mol. The van der Waals surface area contributed by atoms with Crippen molar-refractivity contribution in [1.82, 2.24) is 4.90 Å². The molecule has 0 bridgehead atoms. The molecule has 0 heterocycles. The van der Waals surface area contributed by atoms with E-state index in [0.29, 0.717) is 6.54 Å². The number of ether oxygens (including phenoxy) is 1. The predicted molar refractivity (Wildman–Crippen MR) is 92.0 cm³/mol. The van der Waals surface area contributed by atoms with Crippen LogP contribution >= 0.6 is 0 Å². The van der Waals surface area contributed by atoms with Crippen molar-refractivity contribution >= 4 is 6.09 Å². The maximum absolute atomic E-state index is 12.1. The second kappa shape index (κ2) is 9.05. The van der Waals surface area contributed by atoms with Crippen LogP contribution in [-0.4, -0.2) is 30.2 Å². The summed E-state index contributed by atoms with van der Waals surface area (Å²) < 4.78 is 5.43. The highest BCUT2D eigenvalue weighted by Gasteiger charge is 2.20. The van der Waals surface area contributed by atoms with E-state index in [9.17, 15) is 4.79 Å². The Bertz CT molecular complexity index is 417. The minimum absolute atomic E-state index is 0.253. The Hall–Kier alpha value is -1.21. The fourth-order valence-electron chi connectivity index (χ4n) is 2.62. The van der Waals surface area contributed by atoms with E-state index in [2.05, 4.69) is 12.7 Å². The molecule has 0 atom stereocenters. The molecular weight excluding hydrogens is 274 g/mol. The van der Waals surface area contributed by atoms with E-state index in [-0.39, 0.29) is 6.09 Å². The molecule has 1 amide bonds. The number of nitrogens with zero attached hydrogens (tertiary/aromatic N) is 1. The second-order valence-electron chi connectivity index (χ2n) is 7.33. The van der Waals surface area contributed by atoms with Crippen molar-refractivity contribution in [2.45, 2.75) is 84.7 Å². The molecule has 0 aromatic heterocycles. The summed E-state index contributed by atoms with van der Waals surface area (Å²) in [7, 11) is 1.81. The Morgan fingerprint density at radius 2 is 1.86 bits per heavy atom. The molecule has 0 spiro atoms. The molecule has 1 fully saturated rings. The van der Waals surface area contributed by atoms with Crippen LogP contribution in [0.3, 0.4) is 0 Å². The molecule has 3 heteroatoms. The van der Waals surface area contributed by atoms with Gasteiger partial charge in [-0.25, -0.2) is 4.79 Å². The molecule has 3 nitrogen and oxygen atoms in total. The van der Waals surface area contributed by atoms with E-state index in [0.717, 1.165) is 19.3 Å². The molecule has 0 radical (unpaired) electrons. The van der Waals surface area contributed by atoms with Crippen molar-refractivity contribution in [2.24, 2.45) is 0 Å². The Morgan fingerprint density at radius 3 is 2.41 bits per heavy atom. The first kappa shape index (κ1) is 18.8. The van der Waals surface area contributed by atoms with Crippen LogP contribution in [0, 0.1) is 0 Å². The van der Waals surface area contributed by atoms with Gasteiger partial charge in [-0.2, -0.15) is 0 Å². The van der Waals surface area contributed by atoms with Gasteiger partial charge in [0.05, 0.1) is 6.54 Å².